The smallest absolute Gasteiger partial charge is 0.107 e. The molecule has 10 heavy (non-hydrogen) atoms. The van der Waals surface area contributed by atoms with Gasteiger partial charge in [-0.1, -0.05) is 13.7 Å². The normalized spacial score (nSPS) is 29.1. The summed E-state index contributed by atoms with van der Waals surface area (Å²) in [6.45, 7) is -6.72. The average Bonchev–Trinajstić information content (AvgIpc) is 2.60. The fourth-order valence-corrected chi connectivity index (χ4v) is 0.771. The molecule has 0 radical (unpaired) electrons. The molecule has 1 heterocycles. The Balaban J connectivity index is 3.50. The molecule has 0 aromatic carbocycles. The van der Waals surface area contributed by atoms with Gasteiger partial charge in [0.05, 0.1) is 6.20 Å². The molecule has 1 rings (SSSR count). The lowest BCUT2D eigenvalue weighted by Gasteiger charge is -1.98. The van der Waals surface area contributed by atoms with Gasteiger partial charge in [-0.15, -0.1) is 0 Å². The Morgan fingerprint density at radius 2 is 2.90 bits per heavy atom. The summed E-state index contributed by atoms with van der Waals surface area (Å²) in [5.74, 6) is -3.87. The lowest BCUT2D eigenvalue weighted by Crippen LogP contribution is -1.95. The van der Waals surface area contributed by atoms with Gasteiger partial charge in [0.2, 0.25) is 0 Å². The van der Waals surface area contributed by atoms with E-state index in [-0.39, 0.29) is 4.60 Å². The molecule has 3 heteroatoms. The summed E-state index contributed by atoms with van der Waals surface area (Å²) < 4.78 is 67.1. The van der Waals surface area contributed by atoms with E-state index in [9.17, 15) is 0 Å². The Morgan fingerprint density at radius 1 is 2.10 bits per heavy atom. The minimum Gasteiger partial charge on any atom is -0.337 e. The third-order valence-electron chi connectivity index (χ3n) is 0.788. The molecule has 0 atom stereocenters. The highest BCUT2D eigenvalue weighted by Crippen LogP contribution is 2.08. The highest BCUT2D eigenvalue weighted by atomic mass is 79.9. The van der Waals surface area contributed by atoms with E-state index in [0.29, 0.717) is 0 Å². The Labute approximate surface area is 81.8 Å². The van der Waals surface area contributed by atoms with Crippen LogP contribution in [-0.4, -0.2) is 9.97 Å². The topological polar surface area (TPSA) is 28.7 Å². The fourth-order valence-electron chi connectivity index (χ4n) is 0.481. The predicted molar refractivity (Wildman–Crippen MR) is 44.8 cm³/mol. The van der Waals surface area contributed by atoms with Gasteiger partial charge in [0.25, 0.3) is 0 Å². The van der Waals surface area contributed by atoms with E-state index in [4.69, 9.17) is 12.3 Å². The minimum absolute atomic E-state index is 0.254. The highest BCUT2D eigenvalue weighted by molar-refractivity contribution is 9.10. The number of aromatic nitrogens is 2. The van der Waals surface area contributed by atoms with Crippen molar-refractivity contribution in [3.8, 4) is 0 Å². The zero-order chi connectivity index (χ0) is 15.3. The highest BCUT2D eigenvalue weighted by Gasteiger charge is 1.99. The average molecular weight is 212 g/mol. The Hall–Kier alpha value is -0.310. The summed E-state index contributed by atoms with van der Waals surface area (Å²) >= 11 is 2.97. The van der Waals surface area contributed by atoms with Crippen molar-refractivity contribution in [3.63, 3.8) is 0 Å². The molecule has 0 aliphatic carbocycles. The molecule has 0 spiro atoms. The first-order valence-electron chi connectivity index (χ1n) is 6.96. The van der Waals surface area contributed by atoms with E-state index in [1.165, 1.54) is 0 Å². The SMILES string of the molecule is [2H]C([2H])([2H])C([2H])(C([2H])([2H])[2H])C([2H])([2H])c1ncc(Br)[nH]1. The number of imidazole rings is 1. The van der Waals surface area contributed by atoms with Gasteiger partial charge in [0.15, 0.2) is 0 Å². The van der Waals surface area contributed by atoms with Gasteiger partial charge in [-0.2, -0.15) is 0 Å². The standard InChI is InChI=1S/C7H11BrN2/c1-5(2)3-7-9-4-6(8)10-7/h4-5H,3H2,1-2H3,(H,9,10)/i1D3,2D3,3D2,5D. The number of nitrogens with one attached hydrogen (secondary N) is 1. The molecular formula is C7H11BrN2. The summed E-state index contributed by atoms with van der Waals surface area (Å²) in [6.07, 6.45) is -1.86. The fraction of sp³-hybridized carbons (Fsp3) is 0.571. The largest absolute Gasteiger partial charge is 0.337 e. The van der Waals surface area contributed by atoms with Crippen LogP contribution in [0.5, 0.6) is 0 Å². The Kier molecular flexibility index (Phi) is 0.668. The molecule has 0 fully saturated rings. The molecule has 0 aliphatic heterocycles. The summed E-state index contributed by atoms with van der Waals surface area (Å²) in [7, 11) is 0. The van der Waals surface area contributed by atoms with Crippen molar-refractivity contribution in [1.82, 2.24) is 9.97 Å². The molecular weight excluding hydrogens is 192 g/mol. The molecule has 56 valence electrons. The van der Waals surface area contributed by atoms with Gasteiger partial charge in [0.1, 0.15) is 10.4 Å². The van der Waals surface area contributed by atoms with Crippen molar-refractivity contribution in [2.75, 3.05) is 0 Å². The molecule has 0 bridgehead atoms. The molecule has 2 nitrogen and oxygen atoms in total. The molecule has 1 N–H and O–H groups in total. The second-order valence-corrected chi connectivity index (χ2v) is 2.43. The number of aromatic amines is 1. The number of halogens is 1. The van der Waals surface area contributed by atoms with Crippen molar-refractivity contribution in [1.29, 1.82) is 0 Å². The molecule has 0 aliphatic rings. The van der Waals surface area contributed by atoms with Gasteiger partial charge in [-0.3, -0.25) is 0 Å². The Bertz CT molecular complexity index is 446. The van der Waals surface area contributed by atoms with Gasteiger partial charge < -0.3 is 4.98 Å². The van der Waals surface area contributed by atoms with Crippen molar-refractivity contribution in [2.24, 2.45) is 5.89 Å². The lowest BCUT2D eigenvalue weighted by atomic mass is 10.1. The van der Waals surface area contributed by atoms with Gasteiger partial charge >= 0.3 is 0 Å². The van der Waals surface area contributed by atoms with Crippen LogP contribution in [0.15, 0.2) is 10.8 Å². The second kappa shape index (κ2) is 3.19. The van der Waals surface area contributed by atoms with Crippen LogP contribution in [0.4, 0.5) is 0 Å². The predicted octanol–water partition coefficient (Wildman–Crippen LogP) is 2.37. The van der Waals surface area contributed by atoms with Crippen LogP contribution in [0.3, 0.4) is 0 Å². The first kappa shape index (κ1) is 2.09. The maximum Gasteiger partial charge on any atom is 0.107 e. The molecule has 1 aromatic rings. The zero-order valence-electron chi connectivity index (χ0n) is 13.9. The van der Waals surface area contributed by atoms with E-state index in [1.807, 2.05) is 0 Å². The van der Waals surface area contributed by atoms with Gasteiger partial charge in [-0.05, 0) is 21.8 Å². The molecule has 0 unspecified atom stereocenters. The van der Waals surface area contributed by atoms with E-state index in [2.05, 4.69) is 25.9 Å². The van der Waals surface area contributed by atoms with Gasteiger partial charge in [0, 0.05) is 18.7 Å². The van der Waals surface area contributed by atoms with E-state index in [1.54, 1.807) is 0 Å². The summed E-state index contributed by atoms with van der Waals surface area (Å²) in [5, 5.41) is 0. The van der Waals surface area contributed by atoms with Crippen molar-refractivity contribution in [2.45, 2.75) is 20.1 Å². The maximum absolute atomic E-state index is 7.80. The lowest BCUT2D eigenvalue weighted by molar-refractivity contribution is 0.625. The van der Waals surface area contributed by atoms with Crippen LogP contribution in [0.25, 0.3) is 0 Å². The zero-order valence-corrected chi connectivity index (χ0v) is 6.49. The van der Waals surface area contributed by atoms with E-state index >= 15 is 0 Å². The summed E-state index contributed by atoms with van der Waals surface area (Å²) in [5.41, 5.74) is 0. The third kappa shape index (κ3) is 2.14. The Morgan fingerprint density at radius 3 is 3.40 bits per heavy atom. The van der Waals surface area contributed by atoms with Crippen molar-refractivity contribution in [3.05, 3.63) is 16.6 Å². The summed E-state index contributed by atoms with van der Waals surface area (Å²) in [4.78, 5) is 5.96. The number of nitrogens with zero attached hydrogens (tertiary/aromatic N) is 1. The van der Waals surface area contributed by atoms with Crippen LogP contribution in [-0.2, 0) is 6.37 Å². The van der Waals surface area contributed by atoms with Crippen LogP contribution >= 0.6 is 15.9 Å². The van der Waals surface area contributed by atoms with Crippen LogP contribution in [0, 0.1) is 5.89 Å². The van der Waals surface area contributed by atoms with E-state index < -0.39 is 31.8 Å². The van der Waals surface area contributed by atoms with Gasteiger partial charge in [-0.25, -0.2) is 4.98 Å². The molecule has 0 saturated carbocycles. The van der Waals surface area contributed by atoms with Crippen LogP contribution < -0.4 is 0 Å². The monoisotopic (exact) mass is 211 g/mol. The molecule has 0 amide bonds. The third-order valence-corrected chi connectivity index (χ3v) is 1.19. The second-order valence-electron chi connectivity index (χ2n) is 1.58. The number of rotatable bonds is 2. The van der Waals surface area contributed by atoms with E-state index in [0.717, 1.165) is 6.20 Å². The van der Waals surface area contributed by atoms with Crippen molar-refractivity contribution >= 4 is 15.9 Å². The van der Waals surface area contributed by atoms with Crippen LogP contribution in [0.1, 0.15) is 31.9 Å². The first-order valence-corrected chi connectivity index (χ1v) is 3.25. The van der Waals surface area contributed by atoms with Crippen molar-refractivity contribution < 1.29 is 12.3 Å². The summed E-state index contributed by atoms with van der Waals surface area (Å²) in [6, 6.07) is 0. The first-order chi connectivity index (χ1) is 8.25. The number of H-pyrrole nitrogens is 1. The maximum atomic E-state index is 7.80. The van der Waals surface area contributed by atoms with Crippen LogP contribution in [0.2, 0.25) is 0 Å². The molecule has 1 aromatic heterocycles. The minimum atomic E-state index is -3.36. The number of hydrogen-bond donors (Lipinski definition) is 1. The quantitative estimate of drug-likeness (QED) is 0.800. The number of hydrogen-bond acceptors (Lipinski definition) is 1. The molecule has 0 saturated heterocycles.